The smallest absolute Gasteiger partial charge is 0.248 e. The van der Waals surface area contributed by atoms with Crippen LogP contribution in [-0.4, -0.2) is 223 Å². The lowest BCUT2D eigenvalue weighted by Gasteiger charge is -2.38. The van der Waals surface area contributed by atoms with Crippen LogP contribution in [0.2, 0.25) is 0 Å². The molecule has 2 fully saturated rings. The van der Waals surface area contributed by atoms with Crippen molar-refractivity contribution in [3.8, 4) is 0 Å². The first kappa shape index (κ1) is 85.9. The van der Waals surface area contributed by atoms with Gasteiger partial charge in [-0.05, 0) is 126 Å². The Morgan fingerprint density at radius 3 is 1.04 bits per heavy atom. The van der Waals surface area contributed by atoms with Crippen molar-refractivity contribution in [1.82, 2.24) is 52.8 Å². The molecule has 0 saturated carbocycles. The summed E-state index contributed by atoms with van der Waals surface area (Å²) < 4.78 is 0. The van der Waals surface area contributed by atoms with Gasteiger partial charge in [-0.1, -0.05) is 42.5 Å². The van der Waals surface area contributed by atoms with Crippen LogP contribution in [0.5, 0.6) is 0 Å². The molecule has 0 unspecified atom stereocenters. The number of hydrogen-bond acceptors (Lipinski definition) is 18. The van der Waals surface area contributed by atoms with Crippen LogP contribution in [0.4, 0.5) is 0 Å². The van der Waals surface area contributed by atoms with Crippen molar-refractivity contribution in [2.24, 2.45) is 104 Å². The number of piperidine rings is 1. The van der Waals surface area contributed by atoms with E-state index in [1.807, 2.05) is 30.3 Å². The molecule has 2 aromatic rings. The quantitative estimate of drug-likeness (QED) is 0.0196. The molecule has 4 rings (SSSR count). The number of nitrogens with zero attached hydrogens (tertiary/aromatic N) is 7. The van der Waals surface area contributed by atoms with Crippen LogP contribution in [0.15, 0.2) is 72.4 Å². The van der Waals surface area contributed by atoms with Crippen LogP contribution in [0.25, 0.3) is 10.8 Å². The van der Waals surface area contributed by atoms with E-state index in [0.717, 1.165) is 15.7 Å². The van der Waals surface area contributed by atoms with Gasteiger partial charge in [0.25, 0.3) is 0 Å². The number of carbonyl (C=O) groups is 11. The zero-order valence-corrected chi connectivity index (χ0v) is 59.1. The van der Waals surface area contributed by atoms with E-state index >= 15 is 19.2 Å². The standard InChI is InChI=1S/C64H107N29O12/c1-34(94)48-58(105)93-31-5-4-20-46(93)57(104)91-45(33-35-21-22-36-12-2-3-13-37(36)32-35)56(103)89-42(18-10-29-82-63(74)75)52(99)85-39(15-7-26-79-60(68)69)49(96)84-38(14-6-25-78-59(66)67)50(97)86-41(17-9-28-81-62(72)73)53(100)90-44(23-24-47(65)95)54(101)87-40(16-8-27-80-61(70)71)51(98)88-43(55(102)92-48)19-11-30-83-64(76)77/h2-3,12-13,21-22,32,34,38-46,48,94H,4-11,14-20,23-31,33H2,1H3,(H2,65,95)(H,84,96)(H,85,99)(H,86,97)(H,87,101)(H,88,98)(H,89,103)(H,90,100)(H,91,104)(H,92,102)(H4,66,67,78)(H4,68,69,79)(H4,70,71,80)(H4,72,73,81)(H4,74,75,82)(H4,76,77,83)/t34-,38-,39-,40-,41-,42-,43-,44+,45+,46+,48-/m1/s1. The predicted molar refractivity (Wildman–Crippen MR) is 394 cm³/mol. The molecular formula is C64H107N29O12. The van der Waals surface area contributed by atoms with Crippen molar-refractivity contribution < 1.29 is 57.8 Å². The summed E-state index contributed by atoms with van der Waals surface area (Å²) in [4.78, 5) is 187. The van der Waals surface area contributed by atoms with Gasteiger partial charge in [0.15, 0.2) is 35.8 Å². The topological polar surface area (TPSA) is 732 Å². The highest BCUT2D eigenvalue weighted by molar-refractivity contribution is 6.00. The Morgan fingerprint density at radius 1 is 0.410 bits per heavy atom. The van der Waals surface area contributed by atoms with Crippen LogP contribution >= 0.6 is 0 Å². The lowest BCUT2D eigenvalue weighted by Crippen LogP contribution is -2.63. The normalized spacial score (nSPS) is 22.5. The Morgan fingerprint density at radius 2 is 0.714 bits per heavy atom. The zero-order chi connectivity index (χ0) is 77.7. The van der Waals surface area contributed by atoms with E-state index in [0.29, 0.717) is 18.4 Å². The second-order valence-corrected chi connectivity index (χ2v) is 25.3. The van der Waals surface area contributed by atoms with Crippen LogP contribution in [0, 0.1) is 0 Å². The fourth-order valence-corrected chi connectivity index (χ4v) is 11.5. The molecule has 0 bridgehead atoms. The Labute approximate surface area is 607 Å². The number of nitrogens with two attached hydrogens (primary N) is 13. The number of carbonyl (C=O) groups excluding carboxylic acids is 11. The molecule has 0 aliphatic carbocycles. The number of guanidine groups is 6. The molecule has 580 valence electrons. The van der Waals surface area contributed by atoms with Gasteiger partial charge in [0.1, 0.15) is 60.4 Å². The first-order valence-electron chi connectivity index (χ1n) is 34.6. The van der Waals surface area contributed by atoms with E-state index < -0.39 is 144 Å². The van der Waals surface area contributed by atoms with E-state index in [1.165, 1.54) is 6.92 Å². The van der Waals surface area contributed by atoms with Gasteiger partial charge in [0, 0.05) is 58.7 Å². The first-order chi connectivity index (χ1) is 49.8. The van der Waals surface area contributed by atoms with Crippen molar-refractivity contribution in [2.75, 3.05) is 45.8 Å². The maximum Gasteiger partial charge on any atom is 0.248 e. The highest BCUT2D eigenvalue weighted by Crippen LogP contribution is 2.22. The lowest BCUT2D eigenvalue weighted by molar-refractivity contribution is -0.148. The number of benzene rings is 2. The maximum absolute atomic E-state index is 15.2. The molecule has 0 aromatic heterocycles. The minimum atomic E-state index is -1.80. The van der Waals surface area contributed by atoms with Gasteiger partial charge < -0.3 is 132 Å². The summed E-state index contributed by atoms with van der Waals surface area (Å²) in [6.07, 6.45) is -3.47. The van der Waals surface area contributed by atoms with Gasteiger partial charge >= 0.3 is 0 Å². The van der Waals surface area contributed by atoms with Gasteiger partial charge in [-0.15, -0.1) is 0 Å². The van der Waals surface area contributed by atoms with E-state index in [9.17, 15) is 38.7 Å². The largest absolute Gasteiger partial charge is 0.391 e. The van der Waals surface area contributed by atoms with Crippen LogP contribution < -0.4 is 122 Å². The molecule has 41 nitrogen and oxygen atoms in total. The van der Waals surface area contributed by atoms with Crippen molar-refractivity contribution in [3.63, 3.8) is 0 Å². The molecule has 0 radical (unpaired) electrons. The Balaban J connectivity index is 2.02. The first-order valence-corrected chi connectivity index (χ1v) is 34.6. The fraction of sp³-hybridized carbons (Fsp3) is 0.578. The highest BCUT2D eigenvalue weighted by atomic mass is 16.3. The third-order valence-corrected chi connectivity index (χ3v) is 16.8. The molecule has 2 aliphatic rings. The highest BCUT2D eigenvalue weighted by Gasteiger charge is 2.41. The van der Waals surface area contributed by atoms with Crippen LogP contribution in [-0.2, 0) is 59.2 Å². The fourth-order valence-electron chi connectivity index (χ4n) is 11.5. The van der Waals surface area contributed by atoms with Gasteiger partial charge in [-0.3, -0.25) is 82.7 Å². The van der Waals surface area contributed by atoms with Gasteiger partial charge in [-0.25, -0.2) is 0 Å². The third kappa shape index (κ3) is 31.7. The van der Waals surface area contributed by atoms with Crippen LogP contribution in [0.3, 0.4) is 0 Å². The number of fused-ring (bicyclic) bond motifs is 2. The Hall–Kier alpha value is -11.6. The molecule has 2 aromatic carbocycles. The number of amides is 11. The molecule has 36 N–H and O–H groups in total. The molecule has 2 heterocycles. The van der Waals surface area contributed by atoms with Gasteiger partial charge in [0.2, 0.25) is 65.0 Å². The maximum atomic E-state index is 15.2. The van der Waals surface area contributed by atoms with E-state index in [4.69, 9.17) is 74.5 Å². The lowest BCUT2D eigenvalue weighted by atomic mass is 9.97. The predicted octanol–water partition coefficient (Wildman–Crippen LogP) is -8.89. The molecular weight excluding hydrogens is 1370 g/mol. The minimum Gasteiger partial charge on any atom is -0.391 e. The average molecular weight is 1470 g/mol. The Bertz CT molecular complexity index is 3470. The number of nitrogens with one attached hydrogen (secondary N) is 9. The number of aliphatic hydroxyl groups is 1. The molecule has 2 aliphatic heterocycles. The third-order valence-electron chi connectivity index (χ3n) is 16.8. The summed E-state index contributed by atoms with van der Waals surface area (Å²) in [6.45, 7) is 0.670. The average Bonchev–Trinajstić information content (AvgIpc) is 0.822. The molecule has 2 saturated heterocycles. The summed E-state index contributed by atoms with van der Waals surface area (Å²) in [5.74, 6) is -12.5. The van der Waals surface area contributed by atoms with Crippen molar-refractivity contribution in [2.45, 2.75) is 189 Å². The minimum absolute atomic E-state index is 0.00502. The van der Waals surface area contributed by atoms with E-state index in [2.05, 4.69) is 77.8 Å². The summed E-state index contributed by atoms with van der Waals surface area (Å²) in [7, 11) is 0. The van der Waals surface area contributed by atoms with Gasteiger partial charge in [0.05, 0.1) is 6.10 Å². The molecule has 41 heteroatoms. The molecule has 105 heavy (non-hydrogen) atoms. The van der Waals surface area contributed by atoms with E-state index in [1.54, 1.807) is 12.1 Å². The van der Waals surface area contributed by atoms with Gasteiger partial charge in [-0.2, -0.15) is 0 Å². The summed E-state index contributed by atoms with van der Waals surface area (Å²) >= 11 is 0. The Kier molecular flexibility index (Phi) is 36.6. The monoisotopic (exact) mass is 1470 g/mol. The number of aliphatic hydroxyl groups excluding tert-OH is 1. The SMILES string of the molecule is C[C@@H](O)[C@H]1NC(=O)[C@@H](CCCN=C(N)N)NC(=O)[C@@H](CCCN=C(N)N)NC(=O)[C@H](CCC(N)=O)NC(=O)[C@@H](CCCN=C(N)N)NC(=O)[C@@H](CCCN=C(N)N)NC(=O)[C@@H](CCCN=C(N)N)NC(=O)[C@@H](CCCN=C(N)N)NC(=O)[C@H](Cc2ccc3ccccc3c2)NC(=O)[C@@H]2CCCCN2C1=O. The molecule has 0 spiro atoms. The number of primary amides is 1. The zero-order valence-electron chi connectivity index (χ0n) is 59.1. The van der Waals surface area contributed by atoms with Crippen molar-refractivity contribution >= 4 is 112 Å². The van der Waals surface area contributed by atoms with Crippen LogP contribution in [0.1, 0.15) is 122 Å². The summed E-state index contributed by atoms with van der Waals surface area (Å²) in [5.41, 5.74) is 73.6. The number of aliphatic imine (C=N–C) groups is 6. The summed E-state index contributed by atoms with van der Waals surface area (Å²) in [6, 6.07) is -3.15. The molecule has 11 atom stereocenters. The second kappa shape index (κ2) is 44.7. The number of rotatable bonds is 30. The molecule has 11 amide bonds. The van der Waals surface area contributed by atoms with Crippen molar-refractivity contribution in [3.05, 3.63) is 48.0 Å². The van der Waals surface area contributed by atoms with E-state index in [-0.39, 0.29) is 171 Å². The second-order valence-electron chi connectivity index (χ2n) is 25.3. The number of hydrogen-bond donors (Lipinski definition) is 23. The summed E-state index contributed by atoms with van der Waals surface area (Å²) in [5, 5.41) is 36.9. The van der Waals surface area contributed by atoms with Crippen molar-refractivity contribution in [1.29, 1.82) is 0 Å².